The highest BCUT2D eigenvalue weighted by Crippen LogP contribution is 2.11. The number of ether oxygens (including phenoxy) is 1. The molecule has 0 aliphatic heterocycles. The molecule has 0 spiro atoms. The van der Waals surface area contributed by atoms with Gasteiger partial charge in [0.05, 0.1) is 7.11 Å². The van der Waals surface area contributed by atoms with Gasteiger partial charge in [0, 0.05) is 18.4 Å². The first-order valence-corrected chi connectivity index (χ1v) is 6.03. The number of rotatable bonds is 4. The number of nitrogens with one attached hydrogen (secondary N) is 1. The van der Waals surface area contributed by atoms with E-state index in [0.29, 0.717) is 12.2 Å². The van der Waals surface area contributed by atoms with E-state index < -0.39 is 5.97 Å². The van der Waals surface area contributed by atoms with Gasteiger partial charge in [0.1, 0.15) is 5.69 Å². The van der Waals surface area contributed by atoms with E-state index in [4.69, 9.17) is 0 Å². The van der Waals surface area contributed by atoms with Crippen molar-refractivity contribution < 1.29 is 9.53 Å². The van der Waals surface area contributed by atoms with Gasteiger partial charge in [0.25, 0.3) is 0 Å². The van der Waals surface area contributed by atoms with Gasteiger partial charge in [-0.3, -0.25) is 0 Å². The molecule has 1 heterocycles. The average Bonchev–Trinajstić information content (AvgIpc) is 2.46. The number of carbonyl (C=O) groups is 1. The second-order valence-corrected chi connectivity index (χ2v) is 4.26. The molecule has 0 fully saturated rings. The summed E-state index contributed by atoms with van der Waals surface area (Å²) in [6.07, 6.45) is 1.59. The van der Waals surface area contributed by atoms with Crippen LogP contribution < -0.4 is 5.32 Å². The molecule has 1 aromatic carbocycles. The second kappa shape index (κ2) is 6.00. The van der Waals surface area contributed by atoms with Crippen LogP contribution in [0.2, 0.25) is 0 Å². The van der Waals surface area contributed by atoms with Crippen LogP contribution in [0.25, 0.3) is 0 Å². The van der Waals surface area contributed by atoms with Crippen molar-refractivity contribution in [2.75, 3.05) is 12.4 Å². The number of benzene rings is 1. The standard InChI is InChI=1S/C15H16N2O2/c1-11-3-5-12(6-4-11)10-17-13-7-8-16-14(9-13)15(18)19-2/h3-9H,10H2,1-2H3,(H,16,17). The van der Waals surface area contributed by atoms with Crippen LogP contribution in [-0.4, -0.2) is 18.1 Å². The van der Waals surface area contributed by atoms with Gasteiger partial charge in [-0.05, 0) is 24.6 Å². The Bertz CT molecular complexity index is 565. The van der Waals surface area contributed by atoms with Crippen molar-refractivity contribution in [1.82, 2.24) is 4.98 Å². The number of nitrogens with zero attached hydrogens (tertiary/aromatic N) is 1. The number of hydrogen-bond acceptors (Lipinski definition) is 4. The highest BCUT2D eigenvalue weighted by atomic mass is 16.5. The molecule has 0 unspecified atom stereocenters. The summed E-state index contributed by atoms with van der Waals surface area (Å²) in [5.41, 5.74) is 3.56. The zero-order valence-electron chi connectivity index (χ0n) is 11.0. The predicted molar refractivity (Wildman–Crippen MR) is 74.1 cm³/mol. The SMILES string of the molecule is COC(=O)c1cc(NCc2ccc(C)cc2)ccn1. The summed E-state index contributed by atoms with van der Waals surface area (Å²) in [6, 6.07) is 11.8. The first-order chi connectivity index (χ1) is 9.19. The maximum absolute atomic E-state index is 11.4. The first kappa shape index (κ1) is 13.1. The molecule has 2 aromatic rings. The summed E-state index contributed by atoms with van der Waals surface area (Å²) in [5.74, 6) is -0.431. The molecule has 0 saturated carbocycles. The van der Waals surface area contributed by atoms with Crippen molar-refractivity contribution in [3.63, 3.8) is 0 Å². The molecule has 0 aliphatic carbocycles. The van der Waals surface area contributed by atoms with Crippen LogP contribution in [0.5, 0.6) is 0 Å². The largest absolute Gasteiger partial charge is 0.464 e. The van der Waals surface area contributed by atoms with Gasteiger partial charge < -0.3 is 10.1 Å². The van der Waals surface area contributed by atoms with Crippen LogP contribution >= 0.6 is 0 Å². The highest BCUT2D eigenvalue weighted by molar-refractivity contribution is 5.88. The Kier molecular flexibility index (Phi) is 4.13. The van der Waals surface area contributed by atoms with Crippen LogP contribution in [0.1, 0.15) is 21.6 Å². The summed E-state index contributed by atoms with van der Waals surface area (Å²) in [6.45, 7) is 2.76. The number of pyridine rings is 1. The minimum atomic E-state index is -0.431. The Morgan fingerprint density at radius 3 is 2.68 bits per heavy atom. The van der Waals surface area contributed by atoms with E-state index in [0.717, 1.165) is 5.69 Å². The molecule has 4 heteroatoms. The molecule has 0 saturated heterocycles. The number of anilines is 1. The van der Waals surface area contributed by atoms with E-state index in [2.05, 4.69) is 46.2 Å². The van der Waals surface area contributed by atoms with E-state index in [9.17, 15) is 4.79 Å². The van der Waals surface area contributed by atoms with E-state index >= 15 is 0 Å². The van der Waals surface area contributed by atoms with E-state index in [-0.39, 0.29) is 0 Å². The van der Waals surface area contributed by atoms with Crippen LogP contribution in [0.15, 0.2) is 42.6 Å². The number of carbonyl (C=O) groups excluding carboxylic acids is 1. The molecule has 4 nitrogen and oxygen atoms in total. The van der Waals surface area contributed by atoms with Gasteiger partial charge >= 0.3 is 5.97 Å². The van der Waals surface area contributed by atoms with Crippen molar-refractivity contribution in [2.24, 2.45) is 0 Å². The fourth-order valence-corrected chi connectivity index (χ4v) is 1.67. The molecule has 1 aromatic heterocycles. The lowest BCUT2D eigenvalue weighted by molar-refractivity contribution is 0.0594. The topological polar surface area (TPSA) is 51.2 Å². The van der Waals surface area contributed by atoms with E-state index in [1.54, 1.807) is 12.3 Å². The van der Waals surface area contributed by atoms with Crippen LogP contribution in [0.3, 0.4) is 0 Å². The summed E-state index contributed by atoms with van der Waals surface area (Å²) in [4.78, 5) is 15.3. The predicted octanol–water partition coefficient (Wildman–Crippen LogP) is 2.79. The summed E-state index contributed by atoms with van der Waals surface area (Å²) < 4.78 is 4.64. The third kappa shape index (κ3) is 3.55. The number of aryl methyl sites for hydroxylation is 1. The Morgan fingerprint density at radius 2 is 2.00 bits per heavy atom. The fraction of sp³-hybridized carbons (Fsp3) is 0.200. The Balaban J connectivity index is 2.03. The number of esters is 1. The molecule has 0 radical (unpaired) electrons. The number of aromatic nitrogens is 1. The van der Waals surface area contributed by atoms with Crippen molar-refractivity contribution >= 4 is 11.7 Å². The second-order valence-electron chi connectivity index (χ2n) is 4.26. The third-order valence-corrected chi connectivity index (χ3v) is 2.77. The minimum Gasteiger partial charge on any atom is -0.464 e. The van der Waals surface area contributed by atoms with Gasteiger partial charge in [-0.1, -0.05) is 29.8 Å². The summed E-state index contributed by atoms with van der Waals surface area (Å²) in [5, 5.41) is 3.25. The van der Waals surface area contributed by atoms with E-state index in [1.807, 2.05) is 6.07 Å². The first-order valence-electron chi connectivity index (χ1n) is 6.03. The third-order valence-electron chi connectivity index (χ3n) is 2.77. The molecule has 0 bridgehead atoms. The van der Waals surface area contributed by atoms with E-state index in [1.165, 1.54) is 18.2 Å². The van der Waals surface area contributed by atoms with Gasteiger partial charge in [-0.15, -0.1) is 0 Å². The molecule has 0 atom stereocenters. The number of hydrogen-bond donors (Lipinski definition) is 1. The van der Waals surface area contributed by atoms with Crippen molar-refractivity contribution in [2.45, 2.75) is 13.5 Å². The normalized spacial score (nSPS) is 10.0. The lowest BCUT2D eigenvalue weighted by atomic mass is 10.1. The van der Waals surface area contributed by atoms with Crippen molar-refractivity contribution in [3.05, 3.63) is 59.4 Å². The van der Waals surface area contributed by atoms with Gasteiger partial charge in [-0.25, -0.2) is 9.78 Å². The lowest BCUT2D eigenvalue weighted by Crippen LogP contribution is -2.06. The maximum atomic E-state index is 11.4. The fourth-order valence-electron chi connectivity index (χ4n) is 1.67. The molecule has 1 N–H and O–H groups in total. The zero-order chi connectivity index (χ0) is 13.7. The zero-order valence-corrected chi connectivity index (χ0v) is 11.0. The van der Waals surface area contributed by atoms with Crippen LogP contribution in [-0.2, 0) is 11.3 Å². The Hall–Kier alpha value is -2.36. The molecular formula is C15H16N2O2. The smallest absolute Gasteiger partial charge is 0.356 e. The lowest BCUT2D eigenvalue weighted by Gasteiger charge is -2.07. The van der Waals surface area contributed by atoms with Crippen LogP contribution in [0, 0.1) is 6.92 Å². The molecule has 2 rings (SSSR count). The molecular weight excluding hydrogens is 240 g/mol. The number of methoxy groups -OCH3 is 1. The van der Waals surface area contributed by atoms with Gasteiger partial charge in [-0.2, -0.15) is 0 Å². The minimum absolute atomic E-state index is 0.302. The molecule has 19 heavy (non-hydrogen) atoms. The highest BCUT2D eigenvalue weighted by Gasteiger charge is 2.07. The Labute approximate surface area is 112 Å². The quantitative estimate of drug-likeness (QED) is 0.855. The van der Waals surface area contributed by atoms with Crippen LogP contribution in [0.4, 0.5) is 5.69 Å². The molecule has 0 amide bonds. The maximum Gasteiger partial charge on any atom is 0.356 e. The van der Waals surface area contributed by atoms with Crippen molar-refractivity contribution in [1.29, 1.82) is 0 Å². The molecule has 0 aliphatic rings. The summed E-state index contributed by atoms with van der Waals surface area (Å²) >= 11 is 0. The monoisotopic (exact) mass is 256 g/mol. The molecule has 98 valence electrons. The van der Waals surface area contributed by atoms with Crippen molar-refractivity contribution in [3.8, 4) is 0 Å². The van der Waals surface area contributed by atoms with Gasteiger partial charge in [0.2, 0.25) is 0 Å². The average molecular weight is 256 g/mol. The van der Waals surface area contributed by atoms with Gasteiger partial charge in [0.15, 0.2) is 0 Å². The summed E-state index contributed by atoms with van der Waals surface area (Å²) in [7, 11) is 1.34. The Morgan fingerprint density at radius 1 is 1.26 bits per heavy atom.